The highest BCUT2D eigenvalue weighted by molar-refractivity contribution is 6.06. The maximum atomic E-state index is 12.5. The van der Waals surface area contributed by atoms with E-state index in [9.17, 15) is 4.79 Å². The molecule has 0 radical (unpaired) electrons. The zero-order valence-electron chi connectivity index (χ0n) is 12.0. The van der Waals surface area contributed by atoms with Crippen LogP contribution in [-0.4, -0.2) is 30.9 Å². The van der Waals surface area contributed by atoms with Crippen molar-refractivity contribution >= 4 is 11.6 Å². The molecule has 102 valence electrons. The lowest BCUT2D eigenvalue weighted by Crippen LogP contribution is -2.45. The number of fused-ring (bicyclic) bond motifs is 2. The number of piperidine rings is 1. The summed E-state index contributed by atoms with van der Waals surface area (Å²) < 4.78 is 0. The Bertz CT molecular complexity index is 513. The summed E-state index contributed by atoms with van der Waals surface area (Å²) >= 11 is 0. The highest BCUT2D eigenvalue weighted by Crippen LogP contribution is 2.45. The van der Waals surface area contributed by atoms with Crippen molar-refractivity contribution in [1.29, 1.82) is 0 Å². The molecule has 0 saturated carbocycles. The molecule has 0 aromatic heterocycles. The van der Waals surface area contributed by atoms with Crippen LogP contribution in [0.5, 0.6) is 0 Å². The lowest BCUT2D eigenvalue weighted by Gasteiger charge is -2.36. The minimum Gasteiger partial charge on any atom is -0.325 e. The molecule has 2 heterocycles. The zero-order valence-corrected chi connectivity index (χ0v) is 12.0. The lowest BCUT2D eigenvalue weighted by molar-refractivity contribution is -0.122. The van der Waals surface area contributed by atoms with Crippen molar-refractivity contribution in [2.75, 3.05) is 25.5 Å². The molecular weight excluding hydrogens is 236 g/mol. The summed E-state index contributed by atoms with van der Waals surface area (Å²) in [5.41, 5.74) is 3.32. The number of nitrogens with zero attached hydrogens (tertiary/aromatic N) is 1. The van der Waals surface area contributed by atoms with Crippen LogP contribution in [0.3, 0.4) is 0 Å². The van der Waals surface area contributed by atoms with Gasteiger partial charge in [-0.3, -0.25) is 4.79 Å². The fraction of sp³-hybridized carbons (Fsp3) is 0.562. The van der Waals surface area contributed by atoms with Crippen molar-refractivity contribution < 1.29 is 4.79 Å². The molecule has 3 heteroatoms. The molecule has 1 fully saturated rings. The molecule has 1 aromatic carbocycles. The number of hydrogen-bond donors (Lipinski definition) is 1. The van der Waals surface area contributed by atoms with Crippen molar-refractivity contribution in [2.24, 2.45) is 0 Å². The summed E-state index contributed by atoms with van der Waals surface area (Å²) in [4.78, 5) is 14.8. The lowest BCUT2D eigenvalue weighted by atomic mass is 9.73. The Morgan fingerprint density at radius 1 is 1.26 bits per heavy atom. The van der Waals surface area contributed by atoms with Crippen LogP contribution in [0, 0.1) is 0 Å². The van der Waals surface area contributed by atoms with Crippen LogP contribution in [0.25, 0.3) is 0 Å². The van der Waals surface area contributed by atoms with Gasteiger partial charge in [0.1, 0.15) is 0 Å². The number of rotatable bonds is 1. The third kappa shape index (κ3) is 1.88. The Morgan fingerprint density at radius 3 is 2.58 bits per heavy atom. The summed E-state index contributed by atoms with van der Waals surface area (Å²) in [5.74, 6) is 0.709. The van der Waals surface area contributed by atoms with Crippen LogP contribution >= 0.6 is 0 Å². The molecule has 1 saturated heterocycles. The van der Waals surface area contributed by atoms with E-state index in [4.69, 9.17) is 0 Å². The number of carbonyl (C=O) groups is 1. The number of anilines is 1. The maximum absolute atomic E-state index is 12.5. The first kappa shape index (κ1) is 12.7. The van der Waals surface area contributed by atoms with Crippen LogP contribution in [0.1, 0.15) is 43.7 Å². The summed E-state index contributed by atoms with van der Waals surface area (Å²) in [6.45, 7) is 6.40. The van der Waals surface area contributed by atoms with Crippen molar-refractivity contribution in [2.45, 2.75) is 38.0 Å². The molecular formula is C16H22N2O. The summed E-state index contributed by atoms with van der Waals surface area (Å²) in [6.07, 6.45) is 1.87. The Morgan fingerprint density at radius 2 is 1.95 bits per heavy atom. The SMILES string of the molecule is CC(C)c1ccc2c(c1)C1(CCN(C)CC1)C(=O)N2. The number of likely N-dealkylation sites (tertiary alicyclic amines) is 1. The first-order chi connectivity index (χ1) is 9.03. The second-order valence-corrected chi connectivity index (χ2v) is 6.30. The van der Waals surface area contributed by atoms with Gasteiger partial charge in [0.25, 0.3) is 0 Å². The van der Waals surface area contributed by atoms with E-state index in [1.54, 1.807) is 0 Å². The molecule has 0 bridgehead atoms. The van der Waals surface area contributed by atoms with Gasteiger partial charge in [-0.15, -0.1) is 0 Å². The Hall–Kier alpha value is -1.35. The molecule has 3 nitrogen and oxygen atoms in total. The van der Waals surface area contributed by atoms with E-state index in [0.717, 1.165) is 31.6 Å². The highest BCUT2D eigenvalue weighted by Gasteiger charge is 2.47. The molecule has 19 heavy (non-hydrogen) atoms. The fourth-order valence-corrected chi connectivity index (χ4v) is 3.29. The van der Waals surface area contributed by atoms with E-state index in [-0.39, 0.29) is 11.3 Å². The normalized spacial score (nSPS) is 21.8. The van der Waals surface area contributed by atoms with Gasteiger partial charge in [-0.05, 0) is 56.1 Å². The molecule has 1 aromatic rings. The van der Waals surface area contributed by atoms with Crippen molar-refractivity contribution in [3.05, 3.63) is 29.3 Å². The molecule has 0 atom stereocenters. The molecule has 2 aliphatic heterocycles. The standard InChI is InChI=1S/C16H22N2O/c1-11(2)12-4-5-14-13(10-12)16(15(19)17-14)6-8-18(3)9-7-16/h4-5,10-11H,6-9H2,1-3H3,(H,17,19). The number of benzene rings is 1. The molecule has 0 aliphatic carbocycles. The van der Waals surface area contributed by atoms with E-state index >= 15 is 0 Å². The van der Waals surface area contributed by atoms with Gasteiger partial charge in [-0.1, -0.05) is 26.0 Å². The third-order valence-electron chi connectivity index (χ3n) is 4.75. The number of nitrogens with one attached hydrogen (secondary N) is 1. The Labute approximate surface area is 115 Å². The number of amides is 1. The van der Waals surface area contributed by atoms with E-state index in [2.05, 4.69) is 49.3 Å². The molecule has 1 N–H and O–H groups in total. The second kappa shape index (κ2) is 4.34. The summed E-state index contributed by atoms with van der Waals surface area (Å²) in [5, 5.41) is 3.08. The molecule has 1 amide bonds. The largest absolute Gasteiger partial charge is 0.325 e. The van der Waals surface area contributed by atoms with Crippen LogP contribution in [0.2, 0.25) is 0 Å². The monoisotopic (exact) mass is 258 g/mol. The van der Waals surface area contributed by atoms with Gasteiger partial charge < -0.3 is 10.2 Å². The van der Waals surface area contributed by atoms with Gasteiger partial charge in [0.05, 0.1) is 5.41 Å². The van der Waals surface area contributed by atoms with Gasteiger partial charge in [0, 0.05) is 5.69 Å². The van der Waals surface area contributed by atoms with Gasteiger partial charge >= 0.3 is 0 Å². The van der Waals surface area contributed by atoms with E-state index < -0.39 is 0 Å². The van der Waals surface area contributed by atoms with Crippen molar-refractivity contribution in [3.8, 4) is 0 Å². The Kier molecular flexibility index (Phi) is 2.90. The van der Waals surface area contributed by atoms with Crippen molar-refractivity contribution in [3.63, 3.8) is 0 Å². The first-order valence-electron chi connectivity index (χ1n) is 7.17. The van der Waals surface area contributed by atoms with Crippen LogP contribution in [0.4, 0.5) is 5.69 Å². The predicted molar refractivity (Wildman–Crippen MR) is 77.6 cm³/mol. The number of hydrogen-bond acceptors (Lipinski definition) is 2. The van der Waals surface area contributed by atoms with Gasteiger partial charge in [-0.25, -0.2) is 0 Å². The van der Waals surface area contributed by atoms with Crippen LogP contribution < -0.4 is 5.32 Å². The summed E-state index contributed by atoms with van der Waals surface area (Å²) in [7, 11) is 2.13. The minimum absolute atomic E-state index is 0.205. The second-order valence-electron chi connectivity index (χ2n) is 6.30. The van der Waals surface area contributed by atoms with E-state index in [1.807, 2.05) is 0 Å². The molecule has 2 aliphatic rings. The molecule has 3 rings (SSSR count). The van der Waals surface area contributed by atoms with Crippen molar-refractivity contribution in [1.82, 2.24) is 4.90 Å². The first-order valence-corrected chi connectivity index (χ1v) is 7.17. The van der Waals surface area contributed by atoms with Crippen LogP contribution in [0.15, 0.2) is 18.2 Å². The average molecular weight is 258 g/mol. The third-order valence-corrected chi connectivity index (χ3v) is 4.75. The molecule has 0 unspecified atom stereocenters. The zero-order chi connectivity index (χ0) is 13.6. The fourth-order valence-electron chi connectivity index (χ4n) is 3.29. The molecule has 1 spiro atoms. The topological polar surface area (TPSA) is 32.3 Å². The van der Waals surface area contributed by atoms with Gasteiger partial charge in [0.15, 0.2) is 0 Å². The van der Waals surface area contributed by atoms with Crippen LogP contribution in [-0.2, 0) is 10.2 Å². The average Bonchev–Trinajstić information content (AvgIpc) is 2.65. The minimum atomic E-state index is -0.271. The smallest absolute Gasteiger partial charge is 0.235 e. The Balaban J connectivity index is 2.05. The van der Waals surface area contributed by atoms with Gasteiger partial charge in [0.2, 0.25) is 5.91 Å². The van der Waals surface area contributed by atoms with Gasteiger partial charge in [-0.2, -0.15) is 0 Å². The van der Waals surface area contributed by atoms with E-state index in [0.29, 0.717) is 5.92 Å². The predicted octanol–water partition coefficient (Wildman–Crippen LogP) is 2.73. The summed E-state index contributed by atoms with van der Waals surface area (Å²) in [6, 6.07) is 6.47. The quantitative estimate of drug-likeness (QED) is 0.840. The number of carbonyl (C=O) groups excluding carboxylic acids is 1. The van der Waals surface area contributed by atoms with E-state index in [1.165, 1.54) is 11.1 Å². The highest BCUT2D eigenvalue weighted by atomic mass is 16.2. The maximum Gasteiger partial charge on any atom is 0.235 e.